The second-order valence-corrected chi connectivity index (χ2v) is 5.43. The molecule has 20 heavy (non-hydrogen) atoms. The number of amides is 1. The summed E-state index contributed by atoms with van der Waals surface area (Å²) in [7, 11) is 3.40. The standard InChI is InChI=1S/C14H15BrFN3O/c1-19(2)14(20)13-6-4-10(18-13)8-17-9-3-5-11(15)12(16)7-9/h3-7,17-18H,8H2,1-2H3. The molecular weight excluding hydrogens is 325 g/mol. The second-order valence-electron chi connectivity index (χ2n) is 4.58. The van der Waals surface area contributed by atoms with Crippen molar-refractivity contribution < 1.29 is 9.18 Å². The van der Waals surface area contributed by atoms with Crippen molar-refractivity contribution in [3.63, 3.8) is 0 Å². The minimum Gasteiger partial charge on any atom is -0.379 e. The Morgan fingerprint density at radius 2 is 2.10 bits per heavy atom. The van der Waals surface area contributed by atoms with Crippen molar-refractivity contribution in [1.29, 1.82) is 0 Å². The first-order valence-corrected chi connectivity index (χ1v) is 6.85. The average Bonchev–Trinajstić information content (AvgIpc) is 2.88. The van der Waals surface area contributed by atoms with Crippen LogP contribution in [0.25, 0.3) is 0 Å². The predicted octanol–water partition coefficient (Wildman–Crippen LogP) is 3.23. The monoisotopic (exact) mass is 339 g/mol. The van der Waals surface area contributed by atoms with E-state index in [4.69, 9.17) is 0 Å². The molecule has 0 aliphatic rings. The SMILES string of the molecule is CN(C)C(=O)c1ccc(CNc2ccc(Br)c(F)c2)[nH]1. The van der Waals surface area contributed by atoms with E-state index in [0.717, 1.165) is 5.69 Å². The lowest BCUT2D eigenvalue weighted by Gasteiger charge is -2.08. The first kappa shape index (κ1) is 14.6. The summed E-state index contributed by atoms with van der Waals surface area (Å²) in [6.45, 7) is 0.488. The fourth-order valence-electron chi connectivity index (χ4n) is 1.71. The largest absolute Gasteiger partial charge is 0.379 e. The number of hydrogen-bond acceptors (Lipinski definition) is 2. The summed E-state index contributed by atoms with van der Waals surface area (Å²) < 4.78 is 13.8. The molecule has 2 aromatic rings. The van der Waals surface area contributed by atoms with Gasteiger partial charge in [-0.3, -0.25) is 4.79 Å². The van der Waals surface area contributed by atoms with E-state index in [1.165, 1.54) is 11.0 Å². The molecule has 106 valence electrons. The van der Waals surface area contributed by atoms with Gasteiger partial charge in [0.15, 0.2) is 0 Å². The minimum atomic E-state index is -0.315. The number of rotatable bonds is 4. The Bertz CT molecular complexity index is 625. The summed E-state index contributed by atoms with van der Waals surface area (Å²) in [6.07, 6.45) is 0. The molecule has 0 unspecified atom stereocenters. The molecule has 0 atom stereocenters. The number of aromatic nitrogens is 1. The molecule has 0 saturated heterocycles. The molecule has 0 spiro atoms. The molecule has 1 aromatic heterocycles. The lowest BCUT2D eigenvalue weighted by atomic mass is 10.3. The van der Waals surface area contributed by atoms with E-state index < -0.39 is 0 Å². The number of carbonyl (C=O) groups excluding carboxylic acids is 1. The molecule has 4 nitrogen and oxygen atoms in total. The van der Waals surface area contributed by atoms with Gasteiger partial charge in [0.1, 0.15) is 11.5 Å². The maximum atomic E-state index is 13.4. The molecule has 0 fully saturated rings. The van der Waals surface area contributed by atoms with E-state index in [2.05, 4.69) is 26.2 Å². The van der Waals surface area contributed by atoms with Crippen molar-refractivity contribution in [1.82, 2.24) is 9.88 Å². The smallest absolute Gasteiger partial charge is 0.269 e. The molecule has 2 rings (SSSR count). The van der Waals surface area contributed by atoms with Gasteiger partial charge in [0.05, 0.1) is 11.0 Å². The maximum absolute atomic E-state index is 13.4. The van der Waals surface area contributed by atoms with E-state index >= 15 is 0 Å². The Morgan fingerprint density at radius 1 is 1.35 bits per heavy atom. The van der Waals surface area contributed by atoms with Gasteiger partial charge in [-0.1, -0.05) is 0 Å². The highest BCUT2D eigenvalue weighted by Crippen LogP contribution is 2.19. The third kappa shape index (κ3) is 3.39. The maximum Gasteiger partial charge on any atom is 0.269 e. The summed E-state index contributed by atoms with van der Waals surface area (Å²) in [6, 6.07) is 8.41. The van der Waals surface area contributed by atoms with Crippen molar-refractivity contribution in [2.45, 2.75) is 6.54 Å². The van der Waals surface area contributed by atoms with Gasteiger partial charge in [0.2, 0.25) is 0 Å². The Morgan fingerprint density at radius 3 is 2.75 bits per heavy atom. The molecule has 0 aliphatic heterocycles. The molecule has 0 saturated carbocycles. The van der Waals surface area contributed by atoms with Crippen LogP contribution in [-0.4, -0.2) is 29.9 Å². The van der Waals surface area contributed by atoms with Crippen LogP contribution in [0, 0.1) is 5.82 Å². The Kier molecular flexibility index (Phi) is 4.44. The van der Waals surface area contributed by atoms with Crippen molar-refractivity contribution >= 4 is 27.5 Å². The molecule has 2 N–H and O–H groups in total. The average molecular weight is 340 g/mol. The number of halogens is 2. The van der Waals surface area contributed by atoms with Crippen LogP contribution in [-0.2, 0) is 6.54 Å². The number of benzene rings is 1. The molecular formula is C14H15BrFN3O. The first-order valence-electron chi connectivity index (χ1n) is 6.06. The number of nitrogens with one attached hydrogen (secondary N) is 2. The predicted molar refractivity (Wildman–Crippen MR) is 80.2 cm³/mol. The Labute approximate surface area is 125 Å². The molecule has 0 bridgehead atoms. The molecule has 1 aromatic carbocycles. The fraction of sp³-hybridized carbons (Fsp3) is 0.214. The summed E-state index contributed by atoms with van der Waals surface area (Å²) in [4.78, 5) is 16.3. The summed E-state index contributed by atoms with van der Waals surface area (Å²) in [5.41, 5.74) is 2.08. The molecule has 1 amide bonds. The molecule has 0 aliphatic carbocycles. The highest BCUT2D eigenvalue weighted by Gasteiger charge is 2.10. The number of anilines is 1. The third-order valence-corrected chi connectivity index (χ3v) is 3.43. The van der Waals surface area contributed by atoms with Gasteiger partial charge in [-0.15, -0.1) is 0 Å². The number of carbonyl (C=O) groups is 1. The quantitative estimate of drug-likeness (QED) is 0.898. The Balaban J connectivity index is 2.01. The number of aromatic amines is 1. The van der Waals surface area contributed by atoms with E-state index in [1.807, 2.05) is 6.07 Å². The normalized spacial score (nSPS) is 10.4. The van der Waals surface area contributed by atoms with Crippen LogP contribution >= 0.6 is 15.9 Å². The highest BCUT2D eigenvalue weighted by atomic mass is 79.9. The number of hydrogen-bond donors (Lipinski definition) is 2. The highest BCUT2D eigenvalue weighted by molar-refractivity contribution is 9.10. The first-order chi connectivity index (χ1) is 9.47. The molecule has 0 radical (unpaired) electrons. The van der Waals surface area contributed by atoms with Crippen LogP contribution in [0.15, 0.2) is 34.8 Å². The van der Waals surface area contributed by atoms with Gasteiger partial charge in [-0.25, -0.2) is 4.39 Å². The van der Waals surface area contributed by atoms with Gasteiger partial charge >= 0.3 is 0 Å². The topological polar surface area (TPSA) is 48.1 Å². The Hall–Kier alpha value is -1.82. The van der Waals surface area contributed by atoms with Gasteiger partial charge in [-0.05, 0) is 46.3 Å². The zero-order valence-corrected chi connectivity index (χ0v) is 12.8. The van der Waals surface area contributed by atoms with E-state index in [1.54, 1.807) is 32.3 Å². The lowest BCUT2D eigenvalue weighted by molar-refractivity contribution is 0.0822. The van der Waals surface area contributed by atoms with Crippen LogP contribution in [0.3, 0.4) is 0 Å². The van der Waals surface area contributed by atoms with Crippen LogP contribution < -0.4 is 5.32 Å². The number of H-pyrrole nitrogens is 1. The van der Waals surface area contributed by atoms with Crippen LogP contribution in [0.5, 0.6) is 0 Å². The summed E-state index contributed by atoms with van der Waals surface area (Å²) in [5.74, 6) is -0.393. The van der Waals surface area contributed by atoms with Crippen molar-refractivity contribution in [3.05, 3.63) is 52.0 Å². The lowest BCUT2D eigenvalue weighted by Crippen LogP contribution is -2.22. The van der Waals surface area contributed by atoms with Crippen LogP contribution in [0.1, 0.15) is 16.2 Å². The minimum absolute atomic E-state index is 0.0778. The zero-order valence-electron chi connectivity index (χ0n) is 11.2. The fourth-order valence-corrected chi connectivity index (χ4v) is 1.96. The number of nitrogens with zero attached hydrogens (tertiary/aromatic N) is 1. The van der Waals surface area contributed by atoms with E-state index in [0.29, 0.717) is 22.4 Å². The van der Waals surface area contributed by atoms with Crippen molar-refractivity contribution in [2.75, 3.05) is 19.4 Å². The molecule has 1 heterocycles. The van der Waals surface area contributed by atoms with Crippen molar-refractivity contribution in [3.8, 4) is 0 Å². The third-order valence-electron chi connectivity index (χ3n) is 2.79. The zero-order chi connectivity index (χ0) is 14.7. The van der Waals surface area contributed by atoms with Gasteiger partial charge in [-0.2, -0.15) is 0 Å². The van der Waals surface area contributed by atoms with Gasteiger partial charge in [0, 0.05) is 25.5 Å². The molecule has 6 heteroatoms. The second kappa shape index (κ2) is 6.09. The summed E-state index contributed by atoms with van der Waals surface area (Å²) >= 11 is 3.11. The van der Waals surface area contributed by atoms with Gasteiger partial charge in [0.25, 0.3) is 5.91 Å². The van der Waals surface area contributed by atoms with Crippen LogP contribution in [0.2, 0.25) is 0 Å². The van der Waals surface area contributed by atoms with Crippen LogP contribution in [0.4, 0.5) is 10.1 Å². The van der Waals surface area contributed by atoms with E-state index in [9.17, 15) is 9.18 Å². The summed E-state index contributed by atoms with van der Waals surface area (Å²) in [5, 5.41) is 3.09. The van der Waals surface area contributed by atoms with Crippen molar-refractivity contribution in [2.24, 2.45) is 0 Å². The van der Waals surface area contributed by atoms with E-state index in [-0.39, 0.29) is 11.7 Å². The van der Waals surface area contributed by atoms with Gasteiger partial charge < -0.3 is 15.2 Å².